The Labute approximate surface area is 137 Å². The van der Waals surface area contributed by atoms with Crippen LogP contribution in [0.4, 0.5) is 10.5 Å². The molecule has 0 aliphatic rings. The molecule has 0 aliphatic heterocycles. The molecule has 0 saturated heterocycles. The van der Waals surface area contributed by atoms with Gasteiger partial charge in [0.15, 0.2) is 0 Å². The van der Waals surface area contributed by atoms with Crippen LogP contribution in [0.25, 0.3) is 0 Å². The summed E-state index contributed by atoms with van der Waals surface area (Å²) < 4.78 is 0.937. The standard InChI is InChI=1S/C14H19BrN2O3S/c1-8-6-10(15)7-9(2)12(8)17-14(20)16-11(13(18)19)4-5-21-3/h6-7,11H,4-5H2,1-3H3,(H,18,19)(H2,16,17,20). The van der Waals surface area contributed by atoms with Crippen LogP contribution in [0.15, 0.2) is 16.6 Å². The van der Waals surface area contributed by atoms with E-state index in [9.17, 15) is 9.59 Å². The number of carbonyl (C=O) groups excluding carboxylic acids is 1. The lowest BCUT2D eigenvalue weighted by Gasteiger charge is -2.17. The first-order valence-electron chi connectivity index (χ1n) is 6.41. The number of carboxylic acids is 1. The van der Waals surface area contributed by atoms with Gasteiger partial charge in [0.2, 0.25) is 0 Å². The topological polar surface area (TPSA) is 78.4 Å². The first kappa shape index (κ1) is 17.8. The molecule has 1 aromatic carbocycles. The zero-order valence-corrected chi connectivity index (χ0v) is 14.6. The van der Waals surface area contributed by atoms with Crippen LogP contribution in [0, 0.1) is 13.8 Å². The van der Waals surface area contributed by atoms with Crippen molar-refractivity contribution in [3.05, 3.63) is 27.7 Å². The van der Waals surface area contributed by atoms with Gasteiger partial charge >= 0.3 is 12.0 Å². The van der Waals surface area contributed by atoms with Gasteiger partial charge in [-0.05, 0) is 55.5 Å². The average molecular weight is 375 g/mol. The predicted molar refractivity (Wildman–Crippen MR) is 90.2 cm³/mol. The summed E-state index contributed by atoms with van der Waals surface area (Å²) in [7, 11) is 0. The van der Waals surface area contributed by atoms with E-state index in [-0.39, 0.29) is 0 Å². The van der Waals surface area contributed by atoms with Crippen molar-refractivity contribution in [2.45, 2.75) is 26.3 Å². The fourth-order valence-electron chi connectivity index (χ4n) is 1.91. The van der Waals surface area contributed by atoms with Gasteiger partial charge in [-0.25, -0.2) is 9.59 Å². The number of rotatable bonds is 6. The number of hydrogen-bond donors (Lipinski definition) is 3. The molecule has 1 atom stereocenters. The number of carboxylic acid groups (broad SMARTS) is 1. The molecule has 2 amide bonds. The number of amides is 2. The van der Waals surface area contributed by atoms with Crippen molar-refractivity contribution in [1.82, 2.24) is 5.32 Å². The van der Waals surface area contributed by atoms with E-state index in [1.165, 1.54) is 0 Å². The Bertz CT molecular complexity index is 514. The van der Waals surface area contributed by atoms with E-state index in [1.54, 1.807) is 11.8 Å². The first-order chi connectivity index (χ1) is 9.85. The summed E-state index contributed by atoms with van der Waals surface area (Å²) in [6.45, 7) is 3.77. The monoisotopic (exact) mass is 374 g/mol. The molecule has 1 unspecified atom stereocenters. The highest BCUT2D eigenvalue weighted by molar-refractivity contribution is 9.10. The molecule has 0 aliphatic carbocycles. The molecule has 0 aromatic heterocycles. The molecule has 0 saturated carbocycles. The summed E-state index contributed by atoms with van der Waals surface area (Å²) in [5.41, 5.74) is 2.52. The molecule has 1 rings (SSSR count). The lowest BCUT2D eigenvalue weighted by Crippen LogP contribution is -2.43. The van der Waals surface area contributed by atoms with Gasteiger partial charge in [0, 0.05) is 10.2 Å². The largest absolute Gasteiger partial charge is 0.480 e. The molecule has 0 spiro atoms. The number of aliphatic carboxylic acids is 1. The van der Waals surface area contributed by atoms with E-state index in [2.05, 4.69) is 26.6 Å². The molecular weight excluding hydrogens is 356 g/mol. The molecule has 0 bridgehead atoms. The Kier molecular flexibility index (Phi) is 7.04. The van der Waals surface area contributed by atoms with Gasteiger partial charge in [-0.1, -0.05) is 15.9 Å². The van der Waals surface area contributed by atoms with Gasteiger partial charge in [0.25, 0.3) is 0 Å². The van der Waals surface area contributed by atoms with Gasteiger partial charge in [-0.2, -0.15) is 11.8 Å². The fourth-order valence-corrected chi connectivity index (χ4v) is 3.07. The Morgan fingerprint density at radius 1 is 1.33 bits per heavy atom. The van der Waals surface area contributed by atoms with E-state index in [0.29, 0.717) is 17.9 Å². The molecule has 7 heteroatoms. The van der Waals surface area contributed by atoms with Crippen molar-refractivity contribution in [3.8, 4) is 0 Å². The van der Waals surface area contributed by atoms with Gasteiger partial charge in [-0.3, -0.25) is 0 Å². The molecule has 21 heavy (non-hydrogen) atoms. The maximum absolute atomic E-state index is 12.0. The predicted octanol–water partition coefficient (Wildman–Crippen LogP) is 3.39. The number of anilines is 1. The molecular formula is C14H19BrN2O3S. The number of halogens is 1. The maximum Gasteiger partial charge on any atom is 0.326 e. The van der Waals surface area contributed by atoms with Gasteiger partial charge in [0.05, 0.1) is 0 Å². The number of thioether (sulfide) groups is 1. The number of benzene rings is 1. The van der Waals surface area contributed by atoms with E-state index in [4.69, 9.17) is 5.11 Å². The Morgan fingerprint density at radius 2 is 1.90 bits per heavy atom. The minimum Gasteiger partial charge on any atom is -0.480 e. The summed E-state index contributed by atoms with van der Waals surface area (Å²) in [5, 5.41) is 14.3. The quantitative estimate of drug-likeness (QED) is 0.712. The van der Waals surface area contributed by atoms with E-state index < -0.39 is 18.0 Å². The van der Waals surface area contributed by atoms with Crippen LogP contribution in [-0.4, -0.2) is 35.2 Å². The summed E-state index contributed by atoms with van der Waals surface area (Å²) >= 11 is 4.94. The number of urea groups is 1. The van der Waals surface area contributed by atoms with E-state index in [1.807, 2.05) is 32.2 Å². The van der Waals surface area contributed by atoms with Crippen molar-refractivity contribution >= 4 is 45.4 Å². The minimum atomic E-state index is -1.02. The molecule has 116 valence electrons. The zero-order valence-electron chi connectivity index (χ0n) is 12.2. The molecule has 0 radical (unpaired) electrons. The lowest BCUT2D eigenvalue weighted by molar-refractivity contribution is -0.139. The molecule has 5 nitrogen and oxygen atoms in total. The minimum absolute atomic E-state index is 0.391. The van der Waals surface area contributed by atoms with Crippen molar-refractivity contribution in [2.75, 3.05) is 17.3 Å². The second-order valence-electron chi connectivity index (χ2n) is 4.69. The Balaban J connectivity index is 2.74. The lowest BCUT2D eigenvalue weighted by atomic mass is 10.1. The van der Waals surface area contributed by atoms with Crippen molar-refractivity contribution in [3.63, 3.8) is 0 Å². The smallest absolute Gasteiger partial charge is 0.326 e. The SMILES string of the molecule is CSCCC(NC(=O)Nc1c(C)cc(Br)cc1C)C(=O)O. The van der Waals surface area contributed by atoms with Gasteiger partial charge in [-0.15, -0.1) is 0 Å². The van der Waals surface area contributed by atoms with Crippen molar-refractivity contribution in [2.24, 2.45) is 0 Å². The van der Waals surface area contributed by atoms with Gasteiger partial charge < -0.3 is 15.7 Å². The third kappa shape index (κ3) is 5.59. The highest BCUT2D eigenvalue weighted by Crippen LogP contribution is 2.25. The molecule has 3 N–H and O–H groups in total. The average Bonchev–Trinajstić information content (AvgIpc) is 2.38. The molecule has 1 aromatic rings. The number of hydrogen-bond acceptors (Lipinski definition) is 3. The van der Waals surface area contributed by atoms with Crippen LogP contribution in [0.3, 0.4) is 0 Å². The number of carbonyl (C=O) groups is 2. The Morgan fingerprint density at radius 3 is 2.38 bits per heavy atom. The summed E-state index contributed by atoms with van der Waals surface area (Å²) in [5.74, 6) is -0.350. The summed E-state index contributed by atoms with van der Waals surface area (Å²) in [6.07, 6.45) is 2.29. The number of nitrogens with one attached hydrogen (secondary N) is 2. The number of aryl methyl sites for hydroxylation is 2. The second-order valence-corrected chi connectivity index (χ2v) is 6.59. The van der Waals surface area contributed by atoms with E-state index in [0.717, 1.165) is 15.6 Å². The van der Waals surface area contributed by atoms with Crippen molar-refractivity contribution < 1.29 is 14.7 Å². The van der Waals surface area contributed by atoms with Crippen LogP contribution in [0.5, 0.6) is 0 Å². The van der Waals surface area contributed by atoms with Crippen LogP contribution >= 0.6 is 27.7 Å². The third-order valence-electron chi connectivity index (χ3n) is 2.95. The second kappa shape index (κ2) is 8.29. The summed E-state index contributed by atoms with van der Waals surface area (Å²) in [6, 6.07) is 2.40. The van der Waals surface area contributed by atoms with Crippen LogP contribution < -0.4 is 10.6 Å². The van der Waals surface area contributed by atoms with Crippen LogP contribution in [0.2, 0.25) is 0 Å². The Hall–Kier alpha value is -1.21. The first-order valence-corrected chi connectivity index (χ1v) is 8.59. The normalized spacial score (nSPS) is 11.8. The van der Waals surface area contributed by atoms with Crippen LogP contribution in [0.1, 0.15) is 17.5 Å². The van der Waals surface area contributed by atoms with Crippen LogP contribution in [-0.2, 0) is 4.79 Å². The maximum atomic E-state index is 12.0. The highest BCUT2D eigenvalue weighted by Gasteiger charge is 2.20. The van der Waals surface area contributed by atoms with Gasteiger partial charge in [0.1, 0.15) is 6.04 Å². The van der Waals surface area contributed by atoms with E-state index >= 15 is 0 Å². The molecule has 0 heterocycles. The van der Waals surface area contributed by atoms with Crippen molar-refractivity contribution in [1.29, 1.82) is 0 Å². The third-order valence-corrected chi connectivity index (χ3v) is 4.05. The summed E-state index contributed by atoms with van der Waals surface area (Å²) in [4.78, 5) is 23.1. The fraction of sp³-hybridized carbons (Fsp3) is 0.429. The highest BCUT2D eigenvalue weighted by atomic mass is 79.9. The zero-order chi connectivity index (χ0) is 16.0. The molecule has 0 fully saturated rings.